The predicted molar refractivity (Wildman–Crippen MR) is 84.7 cm³/mol. The normalized spacial score (nSPS) is 21.0. The number of hydrogen-bond acceptors (Lipinski definition) is 5. The van der Waals surface area contributed by atoms with Crippen molar-refractivity contribution in [3.8, 4) is 0 Å². The van der Waals surface area contributed by atoms with E-state index in [1.165, 1.54) is 6.07 Å². The standard InChI is InChI=1S/C15H17ClFN3OS/c1-9(15-19-18-10(2)22-15)20-5-6-21-14(8-20)11-3-4-13(17)12(16)7-11/h3-4,7,9,14H,5-6,8H2,1-2H3/t9-,14-/m1/s1. The number of rotatable bonds is 3. The molecule has 1 aromatic heterocycles. The molecule has 0 aliphatic carbocycles. The lowest BCUT2D eigenvalue weighted by atomic mass is 10.1. The van der Waals surface area contributed by atoms with E-state index in [0.717, 1.165) is 28.7 Å². The van der Waals surface area contributed by atoms with Crippen LogP contribution in [0.1, 0.15) is 34.6 Å². The molecular formula is C15H17ClFN3OS. The number of ether oxygens (including phenoxy) is 1. The van der Waals surface area contributed by atoms with Crippen LogP contribution in [0.4, 0.5) is 4.39 Å². The number of hydrogen-bond donors (Lipinski definition) is 0. The van der Waals surface area contributed by atoms with Gasteiger partial charge in [0.05, 0.1) is 23.8 Å². The Morgan fingerprint density at radius 3 is 2.95 bits per heavy atom. The van der Waals surface area contributed by atoms with Gasteiger partial charge in [-0.1, -0.05) is 17.7 Å². The summed E-state index contributed by atoms with van der Waals surface area (Å²) in [5, 5.41) is 10.4. The highest BCUT2D eigenvalue weighted by molar-refractivity contribution is 7.11. The first kappa shape index (κ1) is 15.8. The van der Waals surface area contributed by atoms with Crippen LogP contribution in [0.5, 0.6) is 0 Å². The molecule has 0 unspecified atom stereocenters. The number of halogens is 2. The van der Waals surface area contributed by atoms with Gasteiger partial charge in [-0.15, -0.1) is 21.5 Å². The molecule has 2 atom stereocenters. The second-order valence-electron chi connectivity index (χ2n) is 5.36. The van der Waals surface area contributed by atoms with Crippen molar-refractivity contribution < 1.29 is 9.13 Å². The fraction of sp³-hybridized carbons (Fsp3) is 0.467. The van der Waals surface area contributed by atoms with Gasteiger partial charge in [0.1, 0.15) is 15.8 Å². The molecule has 2 heterocycles. The lowest BCUT2D eigenvalue weighted by Crippen LogP contribution is -2.39. The summed E-state index contributed by atoms with van der Waals surface area (Å²) in [6.45, 7) is 6.27. The molecule has 0 spiro atoms. The van der Waals surface area contributed by atoms with Crippen LogP contribution in [0.2, 0.25) is 5.02 Å². The van der Waals surface area contributed by atoms with Crippen LogP contribution >= 0.6 is 22.9 Å². The first-order valence-corrected chi connectivity index (χ1v) is 8.34. The van der Waals surface area contributed by atoms with Crippen LogP contribution in [0.3, 0.4) is 0 Å². The molecule has 1 saturated heterocycles. The van der Waals surface area contributed by atoms with E-state index < -0.39 is 5.82 Å². The highest BCUT2D eigenvalue weighted by Gasteiger charge is 2.28. The third-order valence-corrected chi connectivity index (χ3v) is 5.16. The van der Waals surface area contributed by atoms with Crippen molar-refractivity contribution in [3.63, 3.8) is 0 Å². The molecule has 1 aliphatic rings. The van der Waals surface area contributed by atoms with Gasteiger partial charge in [0, 0.05) is 13.1 Å². The van der Waals surface area contributed by atoms with Crippen molar-refractivity contribution in [1.29, 1.82) is 0 Å². The maximum Gasteiger partial charge on any atom is 0.141 e. The zero-order valence-corrected chi connectivity index (χ0v) is 14.0. The molecule has 22 heavy (non-hydrogen) atoms. The minimum atomic E-state index is -0.407. The Morgan fingerprint density at radius 2 is 2.27 bits per heavy atom. The van der Waals surface area contributed by atoms with E-state index >= 15 is 0 Å². The van der Waals surface area contributed by atoms with Crippen molar-refractivity contribution in [2.45, 2.75) is 26.0 Å². The van der Waals surface area contributed by atoms with E-state index in [0.29, 0.717) is 6.61 Å². The molecule has 3 rings (SSSR count). The van der Waals surface area contributed by atoms with Gasteiger partial charge in [0.15, 0.2) is 0 Å². The summed E-state index contributed by atoms with van der Waals surface area (Å²) in [5.74, 6) is -0.407. The number of morpholine rings is 1. The number of benzene rings is 1. The van der Waals surface area contributed by atoms with Gasteiger partial charge in [0.2, 0.25) is 0 Å². The first-order valence-electron chi connectivity index (χ1n) is 7.15. The summed E-state index contributed by atoms with van der Waals surface area (Å²) in [6, 6.07) is 4.95. The lowest BCUT2D eigenvalue weighted by molar-refractivity contribution is -0.0432. The topological polar surface area (TPSA) is 38.2 Å². The van der Waals surface area contributed by atoms with Gasteiger partial charge in [-0.25, -0.2) is 4.39 Å². The summed E-state index contributed by atoms with van der Waals surface area (Å²) >= 11 is 7.49. The van der Waals surface area contributed by atoms with Gasteiger partial charge < -0.3 is 4.74 Å². The fourth-order valence-electron chi connectivity index (χ4n) is 2.57. The zero-order chi connectivity index (χ0) is 15.7. The van der Waals surface area contributed by atoms with Crippen LogP contribution in [-0.2, 0) is 4.74 Å². The van der Waals surface area contributed by atoms with E-state index in [-0.39, 0.29) is 17.2 Å². The highest BCUT2D eigenvalue weighted by atomic mass is 35.5. The third kappa shape index (κ3) is 3.30. The highest BCUT2D eigenvalue weighted by Crippen LogP contribution is 2.31. The molecule has 4 nitrogen and oxygen atoms in total. The smallest absolute Gasteiger partial charge is 0.141 e. The van der Waals surface area contributed by atoms with Crippen LogP contribution < -0.4 is 0 Å². The van der Waals surface area contributed by atoms with Crippen LogP contribution in [0.25, 0.3) is 0 Å². The van der Waals surface area contributed by atoms with Crippen LogP contribution in [0.15, 0.2) is 18.2 Å². The average Bonchev–Trinajstić information content (AvgIpc) is 2.96. The average molecular weight is 342 g/mol. The van der Waals surface area contributed by atoms with Crippen LogP contribution in [0, 0.1) is 12.7 Å². The largest absolute Gasteiger partial charge is 0.371 e. The summed E-state index contributed by atoms with van der Waals surface area (Å²) in [6.07, 6.45) is -0.108. The molecule has 0 N–H and O–H groups in total. The van der Waals surface area contributed by atoms with Crippen molar-refractivity contribution in [2.24, 2.45) is 0 Å². The Kier molecular flexibility index (Phi) is 4.73. The van der Waals surface area contributed by atoms with Crippen molar-refractivity contribution >= 4 is 22.9 Å². The second kappa shape index (κ2) is 6.58. The molecule has 1 aliphatic heterocycles. The Bertz CT molecular complexity index is 666. The molecule has 0 bridgehead atoms. The maximum atomic E-state index is 13.3. The first-order chi connectivity index (χ1) is 10.5. The van der Waals surface area contributed by atoms with Crippen molar-refractivity contribution in [3.05, 3.63) is 44.6 Å². The molecule has 0 saturated carbocycles. The Morgan fingerprint density at radius 1 is 1.45 bits per heavy atom. The Balaban J connectivity index is 1.74. The molecule has 118 valence electrons. The summed E-state index contributed by atoms with van der Waals surface area (Å²) in [4.78, 5) is 2.31. The van der Waals surface area contributed by atoms with Gasteiger partial charge in [-0.3, -0.25) is 4.90 Å². The molecule has 1 aromatic carbocycles. The molecule has 1 fully saturated rings. The van der Waals surface area contributed by atoms with E-state index in [1.54, 1.807) is 23.5 Å². The minimum Gasteiger partial charge on any atom is -0.371 e. The van der Waals surface area contributed by atoms with Crippen molar-refractivity contribution in [2.75, 3.05) is 19.7 Å². The van der Waals surface area contributed by atoms with E-state index in [9.17, 15) is 4.39 Å². The maximum absolute atomic E-state index is 13.3. The zero-order valence-electron chi connectivity index (χ0n) is 12.4. The summed E-state index contributed by atoms with van der Waals surface area (Å²) in [5.41, 5.74) is 0.900. The van der Waals surface area contributed by atoms with E-state index in [2.05, 4.69) is 22.0 Å². The fourth-order valence-corrected chi connectivity index (χ4v) is 3.55. The number of nitrogens with zero attached hydrogens (tertiary/aromatic N) is 3. The van der Waals surface area contributed by atoms with Gasteiger partial charge in [-0.05, 0) is 31.5 Å². The summed E-state index contributed by atoms with van der Waals surface area (Å²) < 4.78 is 19.1. The minimum absolute atomic E-state index is 0.108. The van der Waals surface area contributed by atoms with Crippen molar-refractivity contribution in [1.82, 2.24) is 15.1 Å². The molecular weight excluding hydrogens is 325 g/mol. The number of aromatic nitrogens is 2. The Hall–Kier alpha value is -1.08. The quantitative estimate of drug-likeness (QED) is 0.851. The second-order valence-corrected chi connectivity index (χ2v) is 6.98. The molecule has 2 aromatic rings. The predicted octanol–water partition coefficient (Wildman–Crippen LogP) is 3.77. The SMILES string of the molecule is Cc1nnc([C@@H](C)N2CCO[C@@H](c3ccc(F)c(Cl)c3)C2)s1. The summed E-state index contributed by atoms with van der Waals surface area (Å²) in [7, 11) is 0. The van der Waals surface area contributed by atoms with E-state index in [1.807, 2.05) is 6.92 Å². The Labute approximate surface area is 137 Å². The van der Waals surface area contributed by atoms with Gasteiger partial charge in [-0.2, -0.15) is 0 Å². The monoisotopic (exact) mass is 341 g/mol. The van der Waals surface area contributed by atoms with Gasteiger partial charge in [0.25, 0.3) is 0 Å². The molecule has 7 heteroatoms. The molecule has 0 amide bonds. The van der Waals surface area contributed by atoms with Gasteiger partial charge >= 0.3 is 0 Å². The number of aryl methyl sites for hydroxylation is 1. The van der Waals surface area contributed by atoms with Crippen LogP contribution in [-0.4, -0.2) is 34.8 Å². The van der Waals surface area contributed by atoms with E-state index in [4.69, 9.17) is 16.3 Å². The lowest BCUT2D eigenvalue weighted by Gasteiger charge is -2.36. The molecule has 0 radical (unpaired) electrons. The third-order valence-electron chi connectivity index (χ3n) is 3.86.